The van der Waals surface area contributed by atoms with Crippen LogP contribution in [0.25, 0.3) is 6.08 Å². The Morgan fingerprint density at radius 3 is 2.50 bits per heavy atom. The lowest BCUT2D eigenvalue weighted by molar-refractivity contribution is -0.143. The van der Waals surface area contributed by atoms with E-state index in [1.165, 1.54) is 23.0 Å². The number of carbonyl (C=O) groups is 2. The van der Waals surface area contributed by atoms with Crippen molar-refractivity contribution in [1.29, 1.82) is 0 Å². The summed E-state index contributed by atoms with van der Waals surface area (Å²) in [6.45, 7) is 6.74. The summed E-state index contributed by atoms with van der Waals surface area (Å²) >= 11 is 7.37. The third-order valence-electron chi connectivity index (χ3n) is 7.07. The Labute approximate surface area is 252 Å². The van der Waals surface area contributed by atoms with Crippen molar-refractivity contribution in [1.82, 2.24) is 9.47 Å². The van der Waals surface area contributed by atoms with Gasteiger partial charge in [0.2, 0.25) is 0 Å². The first-order valence-electron chi connectivity index (χ1n) is 13.7. The fourth-order valence-corrected chi connectivity index (χ4v) is 6.24. The molecule has 11 heteroatoms. The maximum absolute atomic E-state index is 13.9. The molecule has 2 aromatic carbocycles. The second kappa shape index (κ2) is 12.5. The Kier molecular flexibility index (Phi) is 8.84. The lowest BCUT2D eigenvalue weighted by Crippen LogP contribution is -2.40. The maximum Gasteiger partial charge on any atom is 0.338 e. The van der Waals surface area contributed by atoms with Crippen LogP contribution in [0.3, 0.4) is 0 Å². The normalized spacial score (nSPS) is 16.9. The Balaban J connectivity index is 1.51. The van der Waals surface area contributed by atoms with Gasteiger partial charge < -0.3 is 19.1 Å². The average molecular weight is 610 g/mol. The first-order valence-corrected chi connectivity index (χ1v) is 14.9. The number of benzene rings is 2. The number of likely N-dealkylation sites (tertiary alicyclic amines) is 1. The molecule has 220 valence electrons. The van der Waals surface area contributed by atoms with E-state index in [1.807, 2.05) is 0 Å². The number of hydrogen-bond acceptors (Lipinski definition) is 8. The van der Waals surface area contributed by atoms with Crippen LogP contribution in [0.4, 0.5) is 0 Å². The summed E-state index contributed by atoms with van der Waals surface area (Å²) in [4.78, 5) is 46.4. The second-order valence-electron chi connectivity index (χ2n) is 10.4. The first-order chi connectivity index (χ1) is 20.2. The summed E-state index contributed by atoms with van der Waals surface area (Å²) in [5, 5.41) is 0.542. The standard InChI is InChI=1S/C31H32ClN3O6S/c1-18(2)41-30(38)27-19(3)33-31-35(28(27)21-8-10-22(32)11-9-21)29(37)25(42-31)16-20-7-12-23(24(15-20)39-4)40-17-26(36)34-13-5-6-14-34/h7-12,15-16,18,28H,5-6,13-14,17H2,1-4H3/b25-16+/t28-/m1/s1. The summed E-state index contributed by atoms with van der Waals surface area (Å²) < 4.78 is 18.8. The molecular weight excluding hydrogens is 578 g/mol. The Hall–Kier alpha value is -3.89. The molecule has 0 saturated carbocycles. The van der Waals surface area contributed by atoms with Crippen LogP contribution in [-0.4, -0.2) is 54.3 Å². The van der Waals surface area contributed by atoms with Gasteiger partial charge in [-0.05, 0) is 75.1 Å². The number of ether oxygens (including phenoxy) is 3. The first kappa shape index (κ1) is 29.6. The van der Waals surface area contributed by atoms with Gasteiger partial charge in [-0.15, -0.1) is 0 Å². The van der Waals surface area contributed by atoms with Crippen molar-refractivity contribution in [3.8, 4) is 11.5 Å². The lowest BCUT2D eigenvalue weighted by Gasteiger charge is -2.25. The maximum atomic E-state index is 13.9. The van der Waals surface area contributed by atoms with Gasteiger partial charge in [0.25, 0.3) is 11.5 Å². The number of allylic oxidation sites excluding steroid dienone is 1. The molecule has 0 bridgehead atoms. The van der Waals surface area contributed by atoms with Gasteiger partial charge in [-0.25, -0.2) is 9.79 Å². The number of fused-ring (bicyclic) bond motifs is 1. The molecule has 3 heterocycles. The number of carbonyl (C=O) groups excluding carboxylic acids is 2. The van der Waals surface area contributed by atoms with E-state index in [9.17, 15) is 14.4 Å². The number of nitrogens with zero attached hydrogens (tertiary/aromatic N) is 3. The molecule has 2 aliphatic heterocycles. The smallest absolute Gasteiger partial charge is 0.338 e. The molecule has 0 spiro atoms. The van der Waals surface area contributed by atoms with E-state index in [4.69, 9.17) is 25.8 Å². The zero-order valence-electron chi connectivity index (χ0n) is 23.9. The summed E-state index contributed by atoms with van der Waals surface area (Å²) in [5.74, 6) is 0.306. The molecule has 1 amide bonds. The van der Waals surface area contributed by atoms with E-state index >= 15 is 0 Å². The highest BCUT2D eigenvalue weighted by Gasteiger charge is 2.33. The summed E-state index contributed by atoms with van der Waals surface area (Å²) in [7, 11) is 1.52. The van der Waals surface area contributed by atoms with Gasteiger partial charge in [-0.1, -0.05) is 41.1 Å². The quantitative estimate of drug-likeness (QED) is 0.360. The SMILES string of the molecule is COc1cc(/C=c2/sc3n(c2=O)[C@H](c2ccc(Cl)cc2)C(C(=O)OC(C)C)=C(C)N=3)ccc1OCC(=O)N1CCCC1. The van der Waals surface area contributed by atoms with Gasteiger partial charge in [0.05, 0.1) is 35.1 Å². The fraction of sp³-hybridized carbons (Fsp3) is 0.355. The summed E-state index contributed by atoms with van der Waals surface area (Å²) in [5.41, 5.74) is 1.91. The number of esters is 1. The molecule has 0 radical (unpaired) electrons. The molecule has 0 N–H and O–H groups in total. The van der Waals surface area contributed by atoms with E-state index in [0.29, 0.717) is 48.3 Å². The van der Waals surface area contributed by atoms with E-state index in [0.717, 1.165) is 25.9 Å². The molecule has 42 heavy (non-hydrogen) atoms. The molecule has 9 nitrogen and oxygen atoms in total. The molecule has 5 rings (SSSR count). The predicted molar refractivity (Wildman–Crippen MR) is 161 cm³/mol. The third-order valence-corrected chi connectivity index (χ3v) is 8.30. The number of aromatic nitrogens is 1. The molecular formula is C31H32ClN3O6S. The molecule has 3 aromatic rings. The second-order valence-corrected chi connectivity index (χ2v) is 11.8. The van der Waals surface area contributed by atoms with Crippen LogP contribution in [-0.2, 0) is 14.3 Å². The predicted octanol–water partition coefficient (Wildman–Crippen LogP) is 3.85. The number of hydrogen-bond donors (Lipinski definition) is 0. The van der Waals surface area contributed by atoms with Crippen LogP contribution in [0.1, 0.15) is 50.8 Å². The number of methoxy groups -OCH3 is 1. The highest BCUT2D eigenvalue weighted by molar-refractivity contribution is 7.07. The lowest BCUT2D eigenvalue weighted by atomic mass is 9.96. The minimum absolute atomic E-state index is 0.0538. The molecule has 2 aliphatic rings. The summed E-state index contributed by atoms with van der Waals surface area (Å²) in [6, 6.07) is 11.6. The van der Waals surface area contributed by atoms with E-state index < -0.39 is 12.0 Å². The zero-order chi connectivity index (χ0) is 30.0. The molecule has 1 saturated heterocycles. The minimum Gasteiger partial charge on any atom is -0.493 e. The third kappa shape index (κ3) is 6.15. The molecule has 1 aromatic heterocycles. The van der Waals surface area contributed by atoms with E-state index in [-0.39, 0.29) is 24.2 Å². The zero-order valence-corrected chi connectivity index (χ0v) is 25.5. The van der Waals surface area contributed by atoms with Crippen LogP contribution in [0, 0.1) is 0 Å². The fourth-order valence-electron chi connectivity index (χ4n) is 5.06. The van der Waals surface area contributed by atoms with Crippen LogP contribution < -0.4 is 24.4 Å². The molecule has 0 unspecified atom stereocenters. The van der Waals surface area contributed by atoms with Crippen molar-refractivity contribution in [2.75, 3.05) is 26.8 Å². The van der Waals surface area contributed by atoms with Crippen molar-refractivity contribution in [3.63, 3.8) is 0 Å². The molecule has 0 aliphatic carbocycles. The van der Waals surface area contributed by atoms with Crippen LogP contribution in [0.15, 0.2) is 63.5 Å². The highest BCUT2D eigenvalue weighted by atomic mass is 35.5. The highest BCUT2D eigenvalue weighted by Crippen LogP contribution is 2.32. The average Bonchev–Trinajstić information content (AvgIpc) is 3.60. The van der Waals surface area contributed by atoms with Gasteiger partial charge >= 0.3 is 5.97 Å². The van der Waals surface area contributed by atoms with Gasteiger partial charge in [-0.2, -0.15) is 0 Å². The monoisotopic (exact) mass is 609 g/mol. The van der Waals surface area contributed by atoms with E-state index in [2.05, 4.69) is 4.99 Å². The van der Waals surface area contributed by atoms with Crippen molar-refractivity contribution in [2.24, 2.45) is 4.99 Å². The Morgan fingerprint density at radius 2 is 1.83 bits per heavy atom. The Bertz CT molecular complexity index is 1720. The molecule has 1 atom stereocenters. The summed E-state index contributed by atoms with van der Waals surface area (Å²) in [6.07, 6.45) is 3.43. The van der Waals surface area contributed by atoms with Crippen LogP contribution in [0.5, 0.6) is 11.5 Å². The van der Waals surface area contributed by atoms with Gasteiger partial charge in [-0.3, -0.25) is 14.2 Å². The van der Waals surface area contributed by atoms with Gasteiger partial charge in [0.15, 0.2) is 22.9 Å². The van der Waals surface area contributed by atoms with Gasteiger partial charge in [0, 0.05) is 18.1 Å². The minimum atomic E-state index is -0.731. The largest absolute Gasteiger partial charge is 0.493 e. The van der Waals surface area contributed by atoms with Gasteiger partial charge in [0.1, 0.15) is 0 Å². The topological polar surface area (TPSA) is 99.4 Å². The van der Waals surface area contributed by atoms with Crippen molar-refractivity contribution >= 4 is 40.9 Å². The number of rotatable bonds is 8. The number of thiazole rings is 1. The van der Waals surface area contributed by atoms with E-state index in [1.54, 1.807) is 74.2 Å². The number of halogens is 1. The number of amides is 1. The van der Waals surface area contributed by atoms with Crippen molar-refractivity contribution < 1.29 is 23.8 Å². The Morgan fingerprint density at radius 1 is 1.12 bits per heavy atom. The van der Waals surface area contributed by atoms with Crippen molar-refractivity contribution in [3.05, 3.63) is 89.6 Å². The van der Waals surface area contributed by atoms with Crippen LogP contribution in [0.2, 0.25) is 5.02 Å². The van der Waals surface area contributed by atoms with Crippen molar-refractivity contribution in [2.45, 2.75) is 45.8 Å². The molecule has 1 fully saturated rings. The van der Waals surface area contributed by atoms with Crippen LogP contribution >= 0.6 is 22.9 Å².